The molecule has 0 nitrogen and oxygen atoms in total. The van der Waals surface area contributed by atoms with Crippen molar-refractivity contribution in [3.8, 4) is 0 Å². The van der Waals surface area contributed by atoms with Gasteiger partial charge < -0.3 is 0 Å². The SMILES string of the molecule is CCCCc1ccc2c(c1)c1cccc3c4ccc5c6cccc7c8cc(CCCC)ccc8c8ccc9c%10ccc2c(c13)c%10c4c5c9c8c76. The molecule has 12 aromatic rings. The monoisotopic (exact) mass is 636 g/mol. The summed E-state index contributed by atoms with van der Waals surface area (Å²) in [5, 5.41) is 30.9. The van der Waals surface area contributed by atoms with Crippen LogP contribution in [0.5, 0.6) is 0 Å². The highest BCUT2D eigenvalue weighted by Gasteiger charge is 2.26. The molecule has 0 heterocycles. The number of hydrogen-bond acceptors (Lipinski definition) is 0. The highest BCUT2D eigenvalue weighted by atomic mass is 14.3. The first-order valence-electron chi connectivity index (χ1n) is 18.8. The summed E-state index contributed by atoms with van der Waals surface area (Å²) in [5.74, 6) is 0. The number of benzene rings is 12. The first-order valence-corrected chi connectivity index (χ1v) is 18.8. The van der Waals surface area contributed by atoms with Crippen LogP contribution in [0.2, 0.25) is 0 Å². The number of unbranched alkanes of at least 4 members (excludes halogenated alkanes) is 2. The molecule has 0 saturated carbocycles. The second-order valence-corrected chi connectivity index (χ2v) is 15.2. The van der Waals surface area contributed by atoms with Gasteiger partial charge in [0.25, 0.3) is 0 Å². The molecule has 0 fully saturated rings. The normalized spacial score (nSPS) is 13.1. The maximum atomic E-state index is 2.49. The van der Waals surface area contributed by atoms with Crippen molar-refractivity contribution in [2.45, 2.75) is 52.4 Å². The van der Waals surface area contributed by atoms with Gasteiger partial charge in [0.15, 0.2) is 0 Å². The van der Waals surface area contributed by atoms with Crippen LogP contribution in [0.1, 0.15) is 50.7 Å². The Morgan fingerprint density at radius 3 is 0.920 bits per heavy atom. The zero-order chi connectivity index (χ0) is 32.8. The highest BCUT2D eigenvalue weighted by molar-refractivity contribution is 6.54. The van der Waals surface area contributed by atoms with Crippen LogP contribution in [0.25, 0.3) is 118 Å². The zero-order valence-corrected chi connectivity index (χ0v) is 28.6. The summed E-state index contributed by atoms with van der Waals surface area (Å²) in [4.78, 5) is 0. The Kier molecular flexibility index (Phi) is 5.26. The smallest absolute Gasteiger partial charge is 0.000717 e. The molecule has 0 bridgehead atoms. The molecule has 0 N–H and O–H groups in total. The van der Waals surface area contributed by atoms with Crippen molar-refractivity contribution in [1.82, 2.24) is 0 Å². The van der Waals surface area contributed by atoms with Gasteiger partial charge in [0.2, 0.25) is 0 Å². The van der Waals surface area contributed by atoms with Gasteiger partial charge in [-0.15, -0.1) is 0 Å². The maximum absolute atomic E-state index is 2.49. The third-order valence-electron chi connectivity index (χ3n) is 12.6. The minimum Gasteiger partial charge on any atom is -0.0654 e. The lowest BCUT2D eigenvalue weighted by Crippen LogP contribution is -1.97. The molecule has 0 aliphatic heterocycles. The molecular formula is C50H36. The molecule has 0 radical (unpaired) electrons. The van der Waals surface area contributed by atoms with Crippen molar-refractivity contribution in [1.29, 1.82) is 0 Å². The van der Waals surface area contributed by atoms with Gasteiger partial charge in [0, 0.05) is 0 Å². The summed E-state index contributed by atoms with van der Waals surface area (Å²) < 4.78 is 0. The lowest BCUT2D eigenvalue weighted by molar-refractivity contribution is 0.796. The molecule has 12 rings (SSSR count). The second-order valence-electron chi connectivity index (χ2n) is 15.2. The van der Waals surface area contributed by atoms with E-state index < -0.39 is 0 Å². The van der Waals surface area contributed by atoms with Crippen LogP contribution in [0, 0.1) is 0 Å². The van der Waals surface area contributed by atoms with Gasteiger partial charge in [-0.25, -0.2) is 0 Å². The van der Waals surface area contributed by atoms with E-state index in [4.69, 9.17) is 0 Å². The molecule has 0 atom stereocenters. The Morgan fingerprint density at radius 2 is 0.560 bits per heavy atom. The molecule has 50 heavy (non-hydrogen) atoms. The number of hydrogen-bond donors (Lipinski definition) is 0. The van der Waals surface area contributed by atoms with Gasteiger partial charge in [0.1, 0.15) is 0 Å². The van der Waals surface area contributed by atoms with E-state index in [1.165, 1.54) is 155 Å². The quantitative estimate of drug-likeness (QED) is 0.126. The van der Waals surface area contributed by atoms with Crippen LogP contribution < -0.4 is 0 Å². The van der Waals surface area contributed by atoms with E-state index in [1.807, 2.05) is 0 Å². The largest absolute Gasteiger partial charge is 0.0654 e. The van der Waals surface area contributed by atoms with E-state index in [0.29, 0.717) is 0 Å². The Balaban J connectivity index is 1.33. The van der Waals surface area contributed by atoms with Crippen molar-refractivity contribution in [3.63, 3.8) is 0 Å². The van der Waals surface area contributed by atoms with Gasteiger partial charge in [0.05, 0.1) is 0 Å². The first-order chi connectivity index (χ1) is 24.7. The molecular weight excluding hydrogens is 601 g/mol. The average Bonchev–Trinajstić information content (AvgIpc) is 3.17. The van der Waals surface area contributed by atoms with Crippen molar-refractivity contribution < 1.29 is 0 Å². The van der Waals surface area contributed by atoms with E-state index in [9.17, 15) is 0 Å². The first kappa shape index (κ1) is 27.4. The fourth-order valence-electron chi connectivity index (χ4n) is 10.4. The van der Waals surface area contributed by atoms with Crippen LogP contribution in [-0.2, 0) is 12.8 Å². The minimum atomic E-state index is 1.14. The third-order valence-corrected chi connectivity index (χ3v) is 12.6. The maximum Gasteiger partial charge on any atom is -0.000717 e. The highest BCUT2D eigenvalue weighted by Crippen LogP contribution is 2.55. The van der Waals surface area contributed by atoms with Crippen molar-refractivity contribution in [3.05, 3.63) is 120 Å². The van der Waals surface area contributed by atoms with Crippen LogP contribution >= 0.6 is 0 Å². The Morgan fingerprint density at radius 1 is 0.280 bits per heavy atom. The van der Waals surface area contributed by atoms with Crippen LogP contribution in [0.3, 0.4) is 0 Å². The second kappa shape index (κ2) is 9.61. The summed E-state index contributed by atoms with van der Waals surface area (Å²) in [6, 6.07) is 43.4. The summed E-state index contributed by atoms with van der Waals surface area (Å²) in [6.45, 7) is 4.58. The molecule has 0 spiro atoms. The van der Waals surface area contributed by atoms with Gasteiger partial charge >= 0.3 is 0 Å². The predicted octanol–water partition coefficient (Wildman–Crippen LogP) is 14.8. The van der Waals surface area contributed by atoms with E-state index in [-0.39, 0.29) is 0 Å². The van der Waals surface area contributed by atoms with E-state index in [2.05, 4.69) is 123 Å². The fraction of sp³-hybridized carbons (Fsp3) is 0.160. The number of rotatable bonds is 6. The van der Waals surface area contributed by atoms with E-state index in [1.54, 1.807) is 0 Å². The molecule has 0 aliphatic rings. The zero-order valence-electron chi connectivity index (χ0n) is 28.6. The average molecular weight is 637 g/mol. The summed E-state index contributed by atoms with van der Waals surface area (Å²) in [7, 11) is 0. The molecule has 0 amide bonds. The van der Waals surface area contributed by atoms with E-state index >= 15 is 0 Å². The fourth-order valence-corrected chi connectivity index (χ4v) is 10.4. The molecule has 0 aliphatic carbocycles. The summed E-state index contributed by atoms with van der Waals surface area (Å²) in [6.07, 6.45) is 7.17. The summed E-state index contributed by atoms with van der Waals surface area (Å²) >= 11 is 0. The lowest BCUT2D eigenvalue weighted by Gasteiger charge is -2.25. The van der Waals surface area contributed by atoms with Crippen LogP contribution in [0.15, 0.2) is 109 Å². The molecule has 0 heteroatoms. The van der Waals surface area contributed by atoms with Crippen molar-refractivity contribution in [2.75, 3.05) is 0 Å². The Bertz CT molecular complexity index is 3100. The third kappa shape index (κ3) is 3.20. The van der Waals surface area contributed by atoms with Gasteiger partial charge in [-0.05, 0) is 155 Å². The van der Waals surface area contributed by atoms with Crippen molar-refractivity contribution in [2.24, 2.45) is 0 Å². The van der Waals surface area contributed by atoms with Crippen molar-refractivity contribution >= 4 is 118 Å². The van der Waals surface area contributed by atoms with E-state index in [0.717, 1.165) is 12.8 Å². The topological polar surface area (TPSA) is 0 Å². The number of aryl methyl sites for hydroxylation is 2. The minimum absolute atomic E-state index is 1.14. The Labute approximate surface area is 290 Å². The molecule has 0 saturated heterocycles. The van der Waals surface area contributed by atoms with Gasteiger partial charge in [-0.3, -0.25) is 0 Å². The Hall–Kier alpha value is -5.46. The number of fused-ring (bicyclic) bond motifs is 9. The standard InChI is InChI=1S/C50H36/c1-3-5-9-27-15-17-29-35-19-21-39-40-22-20-36-30-18-16-28(10-6-4-2)26-42(30)34-14-8-12-32-38-24-23-37-31-11-7-13-33(41(29)25-27)43(31)45(35)47(39)49(37)50(38)48(40)46(36)44(32)34/h7-8,11-26H,3-6,9-10H2,1-2H3. The van der Waals surface area contributed by atoms with Gasteiger partial charge in [-0.2, -0.15) is 0 Å². The summed E-state index contributed by atoms with van der Waals surface area (Å²) in [5.41, 5.74) is 2.90. The van der Waals surface area contributed by atoms with Crippen LogP contribution in [0.4, 0.5) is 0 Å². The lowest BCUT2D eigenvalue weighted by atomic mass is 9.77. The molecule has 12 aromatic carbocycles. The predicted molar refractivity (Wildman–Crippen MR) is 221 cm³/mol. The molecule has 0 unspecified atom stereocenters. The molecule has 236 valence electrons. The van der Waals surface area contributed by atoms with Gasteiger partial charge in [-0.1, -0.05) is 136 Å². The van der Waals surface area contributed by atoms with Crippen LogP contribution in [-0.4, -0.2) is 0 Å². The molecule has 0 aromatic heterocycles.